The Kier molecular flexibility index (Phi) is 3.90. The van der Waals surface area contributed by atoms with Crippen LogP contribution in [-0.2, 0) is 6.54 Å². The molecule has 1 amide bonds. The van der Waals surface area contributed by atoms with Crippen molar-refractivity contribution in [1.82, 2.24) is 10.3 Å². The second-order valence-corrected chi connectivity index (χ2v) is 5.02. The van der Waals surface area contributed by atoms with Crippen molar-refractivity contribution >= 4 is 27.5 Å². The van der Waals surface area contributed by atoms with E-state index in [1.165, 1.54) is 0 Å². The van der Waals surface area contributed by atoms with Gasteiger partial charge in [0.1, 0.15) is 5.76 Å². The number of nitrogens with one attached hydrogen (secondary N) is 1. The number of aromatic nitrogens is 1. The van der Waals surface area contributed by atoms with Crippen molar-refractivity contribution in [2.75, 3.05) is 5.73 Å². The molecule has 2 aromatic rings. The maximum absolute atomic E-state index is 11.9. The summed E-state index contributed by atoms with van der Waals surface area (Å²) in [5.41, 5.74) is 7.59. The molecule has 100 valence electrons. The van der Waals surface area contributed by atoms with E-state index in [-0.39, 0.29) is 12.5 Å². The molecule has 0 aliphatic rings. The molecule has 3 N–H and O–H groups in total. The van der Waals surface area contributed by atoms with E-state index in [0.29, 0.717) is 17.1 Å². The number of hydrogen-bond donors (Lipinski definition) is 2. The number of hydrogen-bond acceptors (Lipinski definition) is 4. The highest BCUT2D eigenvalue weighted by Crippen LogP contribution is 2.20. The molecule has 2 rings (SSSR count). The third kappa shape index (κ3) is 3.14. The SMILES string of the molecule is Cc1nc(CNC(=O)c2ccc(Br)c(N)c2)oc1C. The predicted octanol–water partition coefficient (Wildman–Crippen LogP) is 2.57. The van der Waals surface area contributed by atoms with Gasteiger partial charge in [-0.2, -0.15) is 0 Å². The number of benzene rings is 1. The van der Waals surface area contributed by atoms with Crippen LogP contribution in [0.1, 0.15) is 27.7 Å². The fraction of sp³-hybridized carbons (Fsp3) is 0.231. The summed E-state index contributed by atoms with van der Waals surface area (Å²) in [4.78, 5) is 16.1. The Labute approximate surface area is 119 Å². The smallest absolute Gasteiger partial charge is 0.251 e. The van der Waals surface area contributed by atoms with E-state index in [1.54, 1.807) is 18.2 Å². The summed E-state index contributed by atoms with van der Waals surface area (Å²) in [5.74, 6) is 1.04. The van der Waals surface area contributed by atoms with Gasteiger partial charge in [-0.25, -0.2) is 4.98 Å². The number of aryl methyl sites for hydroxylation is 2. The maximum atomic E-state index is 11.9. The summed E-state index contributed by atoms with van der Waals surface area (Å²) in [5, 5.41) is 2.74. The maximum Gasteiger partial charge on any atom is 0.251 e. The van der Waals surface area contributed by atoms with Crippen molar-refractivity contribution < 1.29 is 9.21 Å². The van der Waals surface area contributed by atoms with Crippen LogP contribution in [0.2, 0.25) is 0 Å². The molecule has 0 atom stereocenters. The molecule has 0 saturated heterocycles. The molecule has 1 heterocycles. The largest absolute Gasteiger partial charge is 0.444 e. The van der Waals surface area contributed by atoms with Crippen molar-refractivity contribution in [3.8, 4) is 0 Å². The number of nitrogens with two attached hydrogens (primary N) is 1. The zero-order chi connectivity index (χ0) is 14.0. The minimum Gasteiger partial charge on any atom is -0.444 e. The van der Waals surface area contributed by atoms with Crippen molar-refractivity contribution in [2.45, 2.75) is 20.4 Å². The van der Waals surface area contributed by atoms with Crippen molar-refractivity contribution in [3.05, 3.63) is 45.6 Å². The molecule has 0 unspecified atom stereocenters. The van der Waals surface area contributed by atoms with Crippen LogP contribution < -0.4 is 11.1 Å². The average Bonchev–Trinajstić information content (AvgIpc) is 2.69. The Morgan fingerprint density at radius 1 is 1.47 bits per heavy atom. The van der Waals surface area contributed by atoms with E-state index in [4.69, 9.17) is 10.2 Å². The Morgan fingerprint density at radius 3 is 2.79 bits per heavy atom. The number of oxazole rings is 1. The Hall–Kier alpha value is -1.82. The summed E-state index contributed by atoms with van der Waals surface area (Å²) in [6.07, 6.45) is 0. The minimum absolute atomic E-state index is 0.215. The third-order valence-corrected chi connectivity index (χ3v) is 3.45. The first kappa shape index (κ1) is 13.6. The first-order valence-corrected chi connectivity index (χ1v) is 6.53. The molecular weight excluding hydrogens is 310 g/mol. The van der Waals surface area contributed by atoms with Gasteiger partial charge in [0.25, 0.3) is 5.91 Å². The Morgan fingerprint density at radius 2 is 2.21 bits per heavy atom. The van der Waals surface area contributed by atoms with Gasteiger partial charge in [-0.1, -0.05) is 0 Å². The van der Waals surface area contributed by atoms with Gasteiger partial charge in [0.05, 0.1) is 12.2 Å². The lowest BCUT2D eigenvalue weighted by Gasteiger charge is -2.04. The molecule has 5 nitrogen and oxygen atoms in total. The molecule has 0 saturated carbocycles. The number of anilines is 1. The minimum atomic E-state index is -0.215. The Bertz CT molecular complexity index is 603. The molecule has 0 aliphatic heterocycles. The van der Waals surface area contributed by atoms with Crippen LogP contribution in [0.5, 0.6) is 0 Å². The summed E-state index contributed by atoms with van der Waals surface area (Å²) in [6.45, 7) is 3.95. The molecule has 0 spiro atoms. The zero-order valence-corrected chi connectivity index (χ0v) is 12.2. The van der Waals surface area contributed by atoms with Crippen LogP contribution in [0.25, 0.3) is 0 Å². The highest BCUT2D eigenvalue weighted by molar-refractivity contribution is 9.10. The molecule has 6 heteroatoms. The van der Waals surface area contributed by atoms with Crippen molar-refractivity contribution in [1.29, 1.82) is 0 Å². The first-order chi connectivity index (χ1) is 8.97. The summed E-state index contributed by atoms with van der Waals surface area (Å²) >= 11 is 3.28. The molecule has 0 radical (unpaired) electrons. The van der Waals surface area contributed by atoms with Crippen LogP contribution >= 0.6 is 15.9 Å². The van der Waals surface area contributed by atoms with Gasteiger partial charge in [0, 0.05) is 15.7 Å². The predicted molar refractivity (Wildman–Crippen MR) is 75.7 cm³/mol. The van der Waals surface area contributed by atoms with E-state index in [9.17, 15) is 4.79 Å². The number of rotatable bonds is 3. The lowest BCUT2D eigenvalue weighted by Crippen LogP contribution is -2.23. The van der Waals surface area contributed by atoms with Gasteiger partial charge < -0.3 is 15.5 Å². The number of halogens is 1. The molecule has 1 aromatic heterocycles. The van der Waals surface area contributed by atoms with E-state index in [0.717, 1.165) is 15.9 Å². The highest BCUT2D eigenvalue weighted by atomic mass is 79.9. The van der Waals surface area contributed by atoms with Crippen LogP contribution in [0, 0.1) is 13.8 Å². The number of nitrogens with zero attached hydrogens (tertiary/aromatic N) is 1. The number of carbonyl (C=O) groups excluding carboxylic acids is 1. The second kappa shape index (κ2) is 5.44. The van der Waals surface area contributed by atoms with Crippen LogP contribution in [0.3, 0.4) is 0 Å². The first-order valence-electron chi connectivity index (χ1n) is 5.73. The molecule has 0 bridgehead atoms. The average molecular weight is 324 g/mol. The van der Waals surface area contributed by atoms with Gasteiger partial charge in [-0.15, -0.1) is 0 Å². The summed E-state index contributed by atoms with van der Waals surface area (Å²) in [6, 6.07) is 5.05. The zero-order valence-electron chi connectivity index (χ0n) is 10.7. The molecule has 0 fully saturated rings. The Balaban J connectivity index is 2.03. The van der Waals surface area contributed by atoms with E-state index >= 15 is 0 Å². The van der Waals surface area contributed by atoms with Crippen molar-refractivity contribution in [3.63, 3.8) is 0 Å². The van der Waals surface area contributed by atoms with Gasteiger partial charge in [-0.05, 0) is 48.0 Å². The van der Waals surface area contributed by atoms with Crippen molar-refractivity contribution in [2.24, 2.45) is 0 Å². The second-order valence-electron chi connectivity index (χ2n) is 4.17. The molecule has 19 heavy (non-hydrogen) atoms. The number of carbonyl (C=O) groups is 1. The molecular formula is C13H14BrN3O2. The summed E-state index contributed by atoms with van der Waals surface area (Å²) < 4.78 is 6.15. The standard InChI is InChI=1S/C13H14BrN3O2/c1-7-8(2)19-12(17-7)6-16-13(18)9-3-4-10(14)11(15)5-9/h3-5H,6,15H2,1-2H3,(H,16,18). The van der Waals surface area contributed by atoms with Crippen LogP contribution in [0.15, 0.2) is 27.1 Å². The number of amides is 1. The lowest BCUT2D eigenvalue weighted by molar-refractivity contribution is 0.0947. The monoisotopic (exact) mass is 323 g/mol. The van der Waals surface area contributed by atoms with Gasteiger partial charge in [0.15, 0.2) is 0 Å². The normalized spacial score (nSPS) is 10.5. The van der Waals surface area contributed by atoms with E-state index < -0.39 is 0 Å². The van der Waals surface area contributed by atoms with Gasteiger partial charge in [-0.3, -0.25) is 4.79 Å². The van der Waals surface area contributed by atoms with E-state index in [1.807, 2.05) is 13.8 Å². The summed E-state index contributed by atoms with van der Waals surface area (Å²) in [7, 11) is 0. The molecule has 1 aromatic carbocycles. The number of nitrogen functional groups attached to an aromatic ring is 1. The molecule has 0 aliphatic carbocycles. The fourth-order valence-electron chi connectivity index (χ4n) is 1.56. The topological polar surface area (TPSA) is 81.2 Å². The van der Waals surface area contributed by atoms with E-state index in [2.05, 4.69) is 26.2 Å². The van der Waals surface area contributed by atoms with Crippen LogP contribution in [-0.4, -0.2) is 10.9 Å². The third-order valence-electron chi connectivity index (χ3n) is 2.73. The lowest BCUT2D eigenvalue weighted by atomic mass is 10.2. The highest BCUT2D eigenvalue weighted by Gasteiger charge is 2.10. The fourth-order valence-corrected chi connectivity index (χ4v) is 1.80. The van der Waals surface area contributed by atoms with Gasteiger partial charge in [0.2, 0.25) is 5.89 Å². The quantitative estimate of drug-likeness (QED) is 0.850. The van der Waals surface area contributed by atoms with Crippen LogP contribution in [0.4, 0.5) is 5.69 Å². The van der Waals surface area contributed by atoms with Gasteiger partial charge >= 0.3 is 0 Å².